The number of hydrogen-bond donors (Lipinski definition) is 1. The lowest BCUT2D eigenvalue weighted by Crippen LogP contribution is -2.35. The highest BCUT2D eigenvalue weighted by molar-refractivity contribution is 7.99. The first-order chi connectivity index (χ1) is 10.8. The van der Waals surface area contributed by atoms with E-state index in [0.717, 1.165) is 35.4 Å². The Kier molecular flexibility index (Phi) is 4.85. The number of fused-ring (bicyclic) bond motifs is 1. The fourth-order valence-corrected chi connectivity index (χ4v) is 3.67. The van der Waals surface area contributed by atoms with Gasteiger partial charge in [-0.1, -0.05) is 18.2 Å². The molecule has 1 N–H and O–H groups in total. The first-order valence-electron chi connectivity index (χ1n) is 7.17. The van der Waals surface area contributed by atoms with E-state index in [1.807, 2.05) is 48.2 Å². The van der Waals surface area contributed by atoms with E-state index in [4.69, 9.17) is 17.0 Å². The van der Waals surface area contributed by atoms with Crippen LogP contribution in [0.5, 0.6) is 5.75 Å². The SMILES string of the molecule is COc1ccc2c(c1)CN(C(=S)Nc1ccccc1)CCS2. The van der Waals surface area contributed by atoms with Crippen molar-refractivity contribution < 1.29 is 4.74 Å². The standard InChI is InChI=1S/C17H18N2OS2/c1-20-15-7-8-16-13(11-15)12-19(9-10-22-16)17(21)18-14-5-3-2-4-6-14/h2-8,11H,9-10,12H2,1H3,(H,18,21). The van der Waals surface area contributed by atoms with Crippen LogP contribution < -0.4 is 10.1 Å². The summed E-state index contributed by atoms with van der Waals surface area (Å²) in [4.78, 5) is 3.52. The highest BCUT2D eigenvalue weighted by atomic mass is 32.2. The van der Waals surface area contributed by atoms with Crippen LogP contribution in [-0.2, 0) is 6.54 Å². The zero-order valence-corrected chi connectivity index (χ0v) is 14.0. The third-order valence-electron chi connectivity index (χ3n) is 3.56. The molecule has 1 aliphatic heterocycles. The Balaban J connectivity index is 1.75. The van der Waals surface area contributed by atoms with Crippen LogP contribution in [0.3, 0.4) is 0 Å². The molecule has 0 radical (unpaired) electrons. The van der Waals surface area contributed by atoms with Crippen molar-refractivity contribution in [1.29, 1.82) is 0 Å². The maximum Gasteiger partial charge on any atom is 0.173 e. The van der Waals surface area contributed by atoms with Crippen LogP contribution in [0.1, 0.15) is 5.56 Å². The molecule has 1 aliphatic rings. The van der Waals surface area contributed by atoms with Crippen molar-refractivity contribution in [1.82, 2.24) is 4.90 Å². The zero-order chi connectivity index (χ0) is 15.4. The van der Waals surface area contributed by atoms with Crippen LogP contribution >= 0.6 is 24.0 Å². The molecule has 0 amide bonds. The number of nitrogens with one attached hydrogen (secondary N) is 1. The van der Waals surface area contributed by atoms with E-state index in [2.05, 4.69) is 22.3 Å². The zero-order valence-electron chi connectivity index (χ0n) is 12.4. The van der Waals surface area contributed by atoms with Gasteiger partial charge in [-0.05, 0) is 48.1 Å². The van der Waals surface area contributed by atoms with Gasteiger partial charge in [0, 0.05) is 29.4 Å². The number of hydrogen-bond acceptors (Lipinski definition) is 3. The molecule has 22 heavy (non-hydrogen) atoms. The predicted molar refractivity (Wildman–Crippen MR) is 96.8 cm³/mol. The fraction of sp³-hybridized carbons (Fsp3) is 0.235. The van der Waals surface area contributed by atoms with E-state index in [1.165, 1.54) is 10.5 Å². The number of nitrogens with zero attached hydrogens (tertiary/aromatic N) is 1. The molecule has 0 atom stereocenters. The van der Waals surface area contributed by atoms with E-state index in [9.17, 15) is 0 Å². The summed E-state index contributed by atoms with van der Waals surface area (Å²) in [7, 11) is 1.70. The summed E-state index contributed by atoms with van der Waals surface area (Å²) in [5, 5.41) is 4.08. The molecule has 0 saturated carbocycles. The number of methoxy groups -OCH3 is 1. The summed E-state index contributed by atoms with van der Waals surface area (Å²) < 4.78 is 5.34. The molecule has 0 fully saturated rings. The Morgan fingerprint density at radius 2 is 2.05 bits per heavy atom. The van der Waals surface area contributed by atoms with E-state index >= 15 is 0 Å². The van der Waals surface area contributed by atoms with E-state index in [-0.39, 0.29) is 0 Å². The first-order valence-corrected chi connectivity index (χ1v) is 8.56. The van der Waals surface area contributed by atoms with Crippen LogP contribution in [-0.4, -0.2) is 29.4 Å². The largest absolute Gasteiger partial charge is 0.497 e. The van der Waals surface area contributed by atoms with Gasteiger partial charge >= 0.3 is 0 Å². The fourth-order valence-electron chi connectivity index (χ4n) is 2.40. The second-order valence-electron chi connectivity index (χ2n) is 5.04. The quantitative estimate of drug-likeness (QED) is 0.839. The number of para-hydroxylation sites is 1. The predicted octanol–water partition coefficient (Wildman–Crippen LogP) is 4.00. The van der Waals surface area contributed by atoms with Gasteiger partial charge < -0.3 is 15.0 Å². The Hall–Kier alpha value is -1.72. The minimum atomic E-state index is 0.766. The van der Waals surface area contributed by atoms with Crippen molar-refractivity contribution in [3.8, 4) is 5.75 Å². The summed E-state index contributed by atoms with van der Waals surface area (Å²) in [5.74, 6) is 1.92. The highest BCUT2D eigenvalue weighted by Crippen LogP contribution is 2.30. The summed E-state index contributed by atoms with van der Waals surface area (Å²) in [6.45, 7) is 1.73. The third-order valence-corrected chi connectivity index (χ3v) is 5.02. The molecule has 0 aromatic heterocycles. The van der Waals surface area contributed by atoms with Crippen molar-refractivity contribution in [3.63, 3.8) is 0 Å². The molecule has 0 aliphatic carbocycles. The van der Waals surface area contributed by atoms with Crippen LogP contribution in [0.25, 0.3) is 0 Å². The van der Waals surface area contributed by atoms with Crippen molar-refractivity contribution in [2.45, 2.75) is 11.4 Å². The van der Waals surface area contributed by atoms with Crippen molar-refractivity contribution >= 4 is 34.8 Å². The average Bonchev–Trinajstić information content (AvgIpc) is 2.77. The van der Waals surface area contributed by atoms with Gasteiger partial charge in [0.1, 0.15) is 5.75 Å². The number of rotatable bonds is 2. The van der Waals surface area contributed by atoms with E-state index in [0.29, 0.717) is 0 Å². The number of anilines is 1. The molecular formula is C17H18N2OS2. The highest BCUT2D eigenvalue weighted by Gasteiger charge is 2.17. The normalized spacial score (nSPS) is 14.0. The molecular weight excluding hydrogens is 312 g/mol. The number of thioether (sulfide) groups is 1. The summed E-state index contributed by atoms with van der Waals surface area (Å²) >= 11 is 7.45. The van der Waals surface area contributed by atoms with Crippen LogP contribution in [0.15, 0.2) is 53.4 Å². The molecule has 3 rings (SSSR count). The third kappa shape index (κ3) is 3.54. The molecule has 114 valence electrons. The van der Waals surface area contributed by atoms with Gasteiger partial charge in [0.15, 0.2) is 5.11 Å². The smallest absolute Gasteiger partial charge is 0.173 e. The average molecular weight is 330 g/mol. The van der Waals surface area contributed by atoms with E-state index in [1.54, 1.807) is 7.11 Å². The molecule has 0 bridgehead atoms. The Morgan fingerprint density at radius 3 is 2.82 bits per heavy atom. The molecule has 2 aromatic carbocycles. The summed E-state index contributed by atoms with van der Waals surface area (Å²) in [5.41, 5.74) is 2.29. The van der Waals surface area contributed by atoms with E-state index < -0.39 is 0 Å². The molecule has 0 spiro atoms. The van der Waals surface area contributed by atoms with Crippen molar-refractivity contribution in [2.75, 3.05) is 24.7 Å². The van der Waals surface area contributed by atoms with Gasteiger partial charge in [0.25, 0.3) is 0 Å². The minimum absolute atomic E-state index is 0.766. The van der Waals surface area contributed by atoms with Gasteiger partial charge in [-0.15, -0.1) is 11.8 Å². The molecule has 3 nitrogen and oxygen atoms in total. The first kappa shape index (κ1) is 15.2. The number of thiocarbonyl (C=S) groups is 1. The summed E-state index contributed by atoms with van der Waals surface area (Å²) in [6.07, 6.45) is 0. The van der Waals surface area contributed by atoms with Crippen molar-refractivity contribution in [2.24, 2.45) is 0 Å². The van der Waals surface area contributed by atoms with Gasteiger partial charge in [-0.2, -0.15) is 0 Å². The summed E-state index contributed by atoms with van der Waals surface area (Å²) in [6, 6.07) is 16.3. The molecule has 5 heteroatoms. The molecule has 0 unspecified atom stereocenters. The Morgan fingerprint density at radius 1 is 1.23 bits per heavy atom. The lowest BCUT2D eigenvalue weighted by molar-refractivity contribution is 0.410. The van der Waals surface area contributed by atoms with Crippen LogP contribution in [0, 0.1) is 0 Å². The second-order valence-corrected chi connectivity index (χ2v) is 6.56. The van der Waals surface area contributed by atoms with Crippen LogP contribution in [0.2, 0.25) is 0 Å². The van der Waals surface area contributed by atoms with Gasteiger partial charge in [0.2, 0.25) is 0 Å². The Labute approximate surface area is 140 Å². The van der Waals surface area contributed by atoms with Gasteiger partial charge in [-0.25, -0.2) is 0 Å². The number of ether oxygens (including phenoxy) is 1. The minimum Gasteiger partial charge on any atom is -0.497 e. The maximum atomic E-state index is 5.58. The monoisotopic (exact) mass is 330 g/mol. The molecule has 1 heterocycles. The Bertz CT molecular complexity index is 661. The lowest BCUT2D eigenvalue weighted by atomic mass is 10.2. The van der Waals surface area contributed by atoms with Crippen molar-refractivity contribution in [3.05, 3.63) is 54.1 Å². The van der Waals surface area contributed by atoms with Crippen LogP contribution in [0.4, 0.5) is 5.69 Å². The molecule has 2 aromatic rings. The number of benzene rings is 2. The topological polar surface area (TPSA) is 24.5 Å². The maximum absolute atomic E-state index is 5.58. The second kappa shape index (κ2) is 7.03. The molecule has 0 saturated heterocycles. The lowest BCUT2D eigenvalue weighted by Gasteiger charge is -2.24. The van der Waals surface area contributed by atoms with Gasteiger partial charge in [-0.3, -0.25) is 0 Å². The van der Waals surface area contributed by atoms with Gasteiger partial charge in [0.05, 0.1) is 7.11 Å².